The van der Waals surface area contributed by atoms with E-state index in [9.17, 15) is 4.79 Å². The Labute approximate surface area is 152 Å². The Bertz CT molecular complexity index is 1190. The highest BCUT2D eigenvalue weighted by Crippen LogP contribution is 2.39. The fraction of sp³-hybridized carbons (Fsp3) is 0.235. The molecule has 0 amide bonds. The van der Waals surface area contributed by atoms with Gasteiger partial charge in [-0.1, -0.05) is 17.7 Å². The molecule has 0 aliphatic carbocycles. The van der Waals surface area contributed by atoms with Crippen molar-refractivity contribution >= 4 is 50.1 Å². The van der Waals surface area contributed by atoms with Crippen molar-refractivity contribution in [2.75, 3.05) is 19.0 Å². The van der Waals surface area contributed by atoms with Crippen LogP contribution in [-0.4, -0.2) is 33.6 Å². The van der Waals surface area contributed by atoms with Crippen molar-refractivity contribution in [2.45, 2.75) is 6.92 Å². The Hall–Kier alpha value is -2.38. The maximum absolute atomic E-state index is 12.9. The minimum absolute atomic E-state index is 0.110. The standard InChI is InChI=1S/C17H16ClN5OS/c1-8-20-11-6-5-9(13(18)14(11)25-8)10-7-19-15-12(10)16(24)23(4)17(21-15)22(2)3/h5-7,19H,1-4H3. The monoisotopic (exact) mass is 373 g/mol. The average Bonchev–Trinajstić information content (AvgIpc) is 3.14. The minimum atomic E-state index is -0.110. The number of aryl methyl sites for hydroxylation is 1. The number of anilines is 1. The lowest BCUT2D eigenvalue weighted by Crippen LogP contribution is -2.26. The van der Waals surface area contributed by atoms with Gasteiger partial charge in [0.1, 0.15) is 5.65 Å². The van der Waals surface area contributed by atoms with Crippen LogP contribution < -0.4 is 10.5 Å². The van der Waals surface area contributed by atoms with Crippen molar-refractivity contribution < 1.29 is 0 Å². The van der Waals surface area contributed by atoms with Crippen molar-refractivity contribution in [2.24, 2.45) is 7.05 Å². The highest BCUT2D eigenvalue weighted by molar-refractivity contribution is 7.19. The van der Waals surface area contributed by atoms with E-state index in [4.69, 9.17) is 11.6 Å². The third-order valence-electron chi connectivity index (χ3n) is 4.18. The van der Waals surface area contributed by atoms with E-state index >= 15 is 0 Å². The lowest BCUT2D eigenvalue weighted by atomic mass is 10.1. The third-order valence-corrected chi connectivity index (χ3v) is 5.69. The predicted molar refractivity (Wildman–Crippen MR) is 104 cm³/mol. The second-order valence-electron chi connectivity index (χ2n) is 6.10. The van der Waals surface area contributed by atoms with Gasteiger partial charge in [0.25, 0.3) is 5.56 Å². The summed E-state index contributed by atoms with van der Waals surface area (Å²) in [6, 6.07) is 3.84. The SMILES string of the molecule is Cc1nc2ccc(-c3c[nH]c4nc(N(C)C)n(C)c(=O)c34)c(Cl)c2s1. The van der Waals surface area contributed by atoms with Gasteiger partial charge in [-0.15, -0.1) is 11.3 Å². The number of thiazole rings is 1. The molecule has 0 saturated carbocycles. The molecule has 4 aromatic rings. The summed E-state index contributed by atoms with van der Waals surface area (Å²) < 4.78 is 2.48. The van der Waals surface area contributed by atoms with Gasteiger partial charge in [-0.3, -0.25) is 9.36 Å². The van der Waals surface area contributed by atoms with Crippen LogP contribution >= 0.6 is 22.9 Å². The lowest BCUT2D eigenvalue weighted by Gasteiger charge is -2.15. The number of aromatic amines is 1. The van der Waals surface area contributed by atoms with Crippen LogP contribution in [0, 0.1) is 6.92 Å². The molecule has 0 bridgehead atoms. The van der Waals surface area contributed by atoms with Crippen LogP contribution in [0.5, 0.6) is 0 Å². The number of hydrogen-bond acceptors (Lipinski definition) is 5. The smallest absolute Gasteiger partial charge is 0.264 e. The van der Waals surface area contributed by atoms with Crippen LogP contribution in [0.3, 0.4) is 0 Å². The molecule has 4 rings (SSSR count). The van der Waals surface area contributed by atoms with Crippen molar-refractivity contribution in [1.29, 1.82) is 0 Å². The molecule has 1 N–H and O–H groups in total. The molecular weight excluding hydrogens is 358 g/mol. The zero-order valence-electron chi connectivity index (χ0n) is 14.2. The van der Waals surface area contributed by atoms with Crippen LogP contribution in [0.15, 0.2) is 23.1 Å². The number of nitrogens with one attached hydrogen (secondary N) is 1. The van der Waals surface area contributed by atoms with Crippen molar-refractivity contribution in [1.82, 2.24) is 19.5 Å². The first-order valence-corrected chi connectivity index (χ1v) is 8.89. The number of hydrogen-bond donors (Lipinski definition) is 1. The summed E-state index contributed by atoms with van der Waals surface area (Å²) in [5, 5.41) is 2.11. The molecule has 3 aromatic heterocycles. The topological polar surface area (TPSA) is 66.8 Å². The summed E-state index contributed by atoms with van der Waals surface area (Å²) >= 11 is 8.19. The van der Waals surface area contributed by atoms with Gasteiger partial charge in [0.2, 0.25) is 5.95 Å². The van der Waals surface area contributed by atoms with E-state index < -0.39 is 0 Å². The lowest BCUT2D eigenvalue weighted by molar-refractivity contribution is 0.809. The Morgan fingerprint density at radius 1 is 1.24 bits per heavy atom. The summed E-state index contributed by atoms with van der Waals surface area (Å²) in [4.78, 5) is 26.8. The Morgan fingerprint density at radius 3 is 2.72 bits per heavy atom. The molecule has 128 valence electrons. The number of benzene rings is 1. The maximum Gasteiger partial charge on any atom is 0.264 e. The summed E-state index contributed by atoms with van der Waals surface area (Å²) in [6.45, 7) is 1.95. The quantitative estimate of drug-likeness (QED) is 0.583. The Balaban J connectivity index is 2.04. The van der Waals surface area contributed by atoms with Gasteiger partial charge in [0.15, 0.2) is 0 Å². The maximum atomic E-state index is 12.9. The van der Waals surface area contributed by atoms with Gasteiger partial charge in [-0.05, 0) is 13.0 Å². The van der Waals surface area contributed by atoms with Gasteiger partial charge in [-0.2, -0.15) is 4.98 Å². The Morgan fingerprint density at radius 2 is 2.00 bits per heavy atom. The number of halogens is 1. The van der Waals surface area contributed by atoms with E-state index in [-0.39, 0.29) is 5.56 Å². The van der Waals surface area contributed by atoms with Crippen LogP contribution in [0.25, 0.3) is 32.4 Å². The van der Waals surface area contributed by atoms with E-state index in [2.05, 4.69) is 15.0 Å². The first kappa shape index (κ1) is 16.1. The molecule has 6 nitrogen and oxygen atoms in total. The predicted octanol–water partition coefficient (Wildman–Crippen LogP) is 3.57. The van der Waals surface area contributed by atoms with Crippen LogP contribution in [-0.2, 0) is 7.05 Å². The molecule has 3 heterocycles. The summed E-state index contributed by atoms with van der Waals surface area (Å²) in [7, 11) is 5.43. The highest BCUT2D eigenvalue weighted by atomic mass is 35.5. The van der Waals surface area contributed by atoms with Gasteiger partial charge >= 0.3 is 0 Å². The zero-order chi connectivity index (χ0) is 17.9. The first-order chi connectivity index (χ1) is 11.9. The van der Waals surface area contributed by atoms with Crippen molar-refractivity contribution in [3.63, 3.8) is 0 Å². The molecule has 1 aromatic carbocycles. The van der Waals surface area contributed by atoms with Gasteiger partial charge in [-0.25, -0.2) is 4.98 Å². The summed E-state index contributed by atoms with van der Waals surface area (Å²) in [5.41, 5.74) is 2.88. The highest BCUT2D eigenvalue weighted by Gasteiger charge is 2.19. The average molecular weight is 374 g/mol. The normalized spacial score (nSPS) is 11.6. The van der Waals surface area contributed by atoms with Crippen LogP contribution in [0.2, 0.25) is 5.02 Å². The number of H-pyrrole nitrogens is 1. The number of fused-ring (bicyclic) bond motifs is 2. The molecule has 0 unspecified atom stereocenters. The van der Waals surface area contributed by atoms with E-state index in [0.29, 0.717) is 22.0 Å². The molecule has 0 saturated heterocycles. The first-order valence-electron chi connectivity index (χ1n) is 7.70. The largest absolute Gasteiger partial charge is 0.348 e. The van der Waals surface area contributed by atoms with Gasteiger partial charge in [0, 0.05) is 38.5 Å². The summed E-state index contributed by atoms with van der Waals surface area (Å²) in [5.74, 6) is 0.588. The molecule has 0 aliphatic rings. The fourth-order valence-corrected chi connectivity index (χ4v) is 4.28. The second-order valence-corrected chi connectivity index (χ2v) is 7.69. The molecule has 8 heteroatoms. The number of rotatable bonds is 2. The van der Waals surface area contributed by atoms with Crippen molar-refractivity contribution in [3.8, 4) is 11.1 Å². The van der Waals surface area contributed by atoms with E-state index in [1.165, 1.54) is 0 Å². The minimum Gasteiger partial charge on any atom is -0.348 e. The number of nitrogens with zero attached hydrogens (tertiary/aromatic N) is 4. The molecule has 0 atom stereocenters. The van der Waals surface area contributed by atoms with Crippen molar-refractivity contribution in [3.05, 3.63) is 38.7 Å². The summed E-state index contributed by atoms with van der Waals surface area (Å²) in [6.07, 6.45) is 1.79. The molecule has 0 radical (unpaired) electrons. The van der Waals surface area contributed by atoms with E-state index in [1.807, 2.05) is 33.2 Å². The third kappa shape index (κ3) is 2.34. The molecular formula is C17H16ClN5OS. The van der Waals surface area contributed by atoms with Crippen LogP contribution in [0.4, 0.5) is 5.95 Å². The van der Waals surface area contributed by atoms with Gasteiger partial charge < -0.3 is 9.88 Å². The van der Waals surface area contributed by atoms with E-state index in [0.717, 1.165) is 26.4 Å². The molecule has 0 aliphatic heterocycles. The van der Waals surface area contributed by atoms with Crippen LogP contribution in [0.1, 0.15) is 5.01 Å². The van der Waals surface area contributed by atoms with Gasteiger partial charge in [0.05, 0.1) is 25.6 Å². The zero-order valence-corrected chi connectivity index (χ0v) is 15.8. The Kier molecular flexibility index (Phi) is 3.59. The molecule has 0 fully saturated rings. The molecule has 0 spiro atoms. The number of aromatic nitrogens is 4. The fourth-order valence-electron chi connectivity index (χ4n) is 3.04. The van der Waals surface area contributed by atoms with E-state index in [1.54, 1.807) is 34.0 Å². The molecule has 25 heavy (non-hydrogen) atoms. The second kappa shape index (κ2) is 5.57.